The number of pyridine rings is 1. The lowest BCUT2D eigenvalue weighted by atomic mass is 10.2. The van der Waals surface area contributed by atoms with E-state index < -0.39 is 0 Å². The topological polar surface area (TPSA) is 64.9 Å². The summed E-state index contributed by atoms with van der Waals surface area (Å²) in [5, 5.41) is 3.96. The van der Waals surface area contributed by atoms with Gasteiger partial charge in [0.25, 0.3) is 0 Å². The molecule has 2 rings (SSSR count). The Hall–Kier alpha value is -1.55. The standard InChI is InChI=1S/C9H8ClN3O/c1-5-2-3-6(9(10)12-5)7-4-8(11)13-14-7/h2-4H,1H3,(H2,11,13). The fourth-order valence-electron chi connectivity index (χ4n) is 1.12. The molecule has 0 atom stereocenters. The average molecular weight is 210 g/mol. The van der Waals surface area contributed by atoms with Crippen molar-refractivity contribution < 1.29 is 4.52 Å². The molecule has 0 radical (unpaired) electrons. The Bertz CT molecular complexity index is 467. The highest BCUT2D eigenvalue weighted by atomic mass is 35.5. The van der Waals surface area contributed by atoms with Crippen LogP contribution in [-0.2, 0) is 0 Å². The lowest BCUT2D eigenvalue weighted by molar-refractivity contribution is 0.435. The highest BCUT2D eigenvalue weighted by Gasteiger charge is 2.09. The van der Waals surface area contributed by atoms with Crippen molar-refractivity contribution in [2.24, 2.45) is 0 Å². The number of nitrogens with two attached hydrogens (primary N) is 1. The molecule has 0 bridgehead atoms. The number of nitrogen functional groups attached to an aromatic ring is 1. The number of hydrogen-bond donors (Lipinski definition) is 1. The van der Waals surface area contributed by atoms with Crippen molar-refractivity contribution in [3.05, 3.63) is 29.0 Å². The van der Waals surface area contributed by atoms with Crippen molar-refractivity contribution >= 4 is 17.4 Å². The number of nitrogens with zero attached hydrogens (tertiary/aromatic N) is 2. The van der Waals surface area contributed by atoms with Crippen LogP contribution in [0.2, 0.25) is 5.15 Å². The molecule has 0 aliphatic rings. The summed E-state index contributed by atoms with van der Waals surface area (Å²) in [5.41, 5.74) is 6.98. The molecule has 0 spiro atoms. The van der Waals surface area contributed by atoms with E-state index in [1.807, 2.05) is 19.1 Å². The van der Waals surface area contributed by atoms with Crippen LogP contribution in [0.3, 0.4) is 0 Å². The molecular weight excluding hydrogens is 202 g/mol. The molecule has 4 nitrogen and oxygen atoms in total. The van der Waals surface area contributed by atoms with E-state index in [-0.39, 0.29) is 0 Å². The number of aromatic nitrogens is 2. The van der Waals surface area contributed by atoms with E-state index >= 15 is 0 Å². The van der Waals surface area contributed by atoms with Gasteiger partial charge in [-0.05, 0) is 19.1 Å². The molecule has 0 aliphatic heterocycles. The molecule has 0 saturated heterocycles. The Kier molecular flexibility index (Phi) is 2.13. The summed E-state index contributed by atoms with van der Waals surface area (Å²) >= 11 is 5.93. The SMILES string of the molecule is Cc1ccc(-c2cc(N)no2)c(Cl)n1. The third-order valence-corrected chi connectivity index (χ3v) is 2.07. The maximum atomic E-state index is 5.93. The van der Waals surface area contributed by atoms with Gasteiger partial charge in [0.15, 0.2) is 11.6 Å². The second-order valence-electron chi connectivity index (χ2n) is 2.91. The Morgan fingerprint density at radius 3 is 2.79 bits per heavy atom. The first kappa shape index (κ1) is 9.02. The third kappa shape index (κ3) is 1.56. The first-order valence-electron chi connectivity index (χ1n) is 4.02. The number of anilines is 1. The smallest absolute Gasteiger partial charge is 0.172 e. The monoisotopic (exact) mass is 209 g/mol. The molecule has 0 aromatic carbocycles. The Morgan fingerprint density at radius 2 is 2.21 bits per heavy atom. The molecule has 0 aliphatic carbocycles. The maximum absolute atomic E-state index is 5.93. The zero-order valence-corrected chi connectivity index (χ0v) is 8.25. The summed E-state index contributed by atoms with van der Waals surface area (Å²) in [6.07, 6.45) is 0. The van der Waals surface area contributed by atoms with Gasteiger partial charge in [-0.3, -0.25) is 0 Å². The Morgan fingerprint density at radius 1 is 1.43 bits per heavy atom. The van der Waals surface area contributed by atoms with Crippen LogP contribution in [0.5, 0.6) is 0 Å². The zero-order valence-electron chi connectivity index (χ0n) is 7.49. The second-order valence-corrected chi connectivity index (χ2v) is 3.27. The lowest BCUT2D eigenvalue weighted by Crippen LogP contribution is -1.84. The zero-order chi connectivity index (χ0) is 10.1. The van der Waals surface area contributed by atoms with Crippen LogP contribution in [0.4, 0.5) is 5.82 Å². The number of rotatable bonds is 1. The van der Waals surface area contributed by atoms with Gasteiger partial charge in [0.2, 0.25) is 0 Å². The third-order valence-electron chi connectivity index (χ3n) is 1.78. The summed E-state index contributed by atoms with van der Waals surface area (Å²) in [5.74, 6) is 0.858. The summed E-state index contributed by atoms with van der Waals surface area (Å²) in [7, 11) is 0. The molecule has 2 aromatic rings. The molecule has 2 aromatic heterocycles. The van der Waals surface area contributed by atoms with Crippen LogP contribution in [0.25, 0.3) is 11.3 Å². The summed E-state index contributed by atoms with van der Waals surface area (Å²) < 4.78 is 4.97. The molecule has 5 heteroatoms. The van der Waals surface area contributed by atoms with Gasteiger partial charge in [-0.1, -0.05) is 16.8 Å². The fourth-order valence-corrected chi connectivity index (χ4v) is 1.41. The molecule has 0 amide bonds. The lowest BCUT2D eigenvalue weighted by Gasteiger charge is -1.98. The highest BCUT2D eigenvalue weighted by molar-refractivity contribution is 6.32. The van der Waals surface area contributed by atoms with E-state index in [1.165, 1.54) is 0 Å². The van der Waals surface area contributed by atoms with Crippen LogP contribution in [-0.4, -0.2) is 10.1 Å². The van der Waals surface area contributed by atoms with Crippen LogP contribution in [0, 0.1) is 6.92 Å². The van der Waals surface area contributed by atoms with E-state index in [0.717, 1.165) is 5.69 Å². The summed E-state index contributed by atoms with van der Waals surface area (Å²) in [4.78, 5) is 4.10. The molecule has 0 fully saturated rings. The Balaban J connectivity index is 2.52. The van der Waals surface area contributed by atoms with Gasteiger partial charge in [-0.2, -0.15) is 0 Å². The summed E-state index contributed by atoms with van der Waals surface area (Å²) in [6.45, 7) is 1.87. The first-order chi connectivity index (χ1) is 6.66. The molecule has 0 unspecified atom stereocenters. The summed E-state index contributed by atoms with van der Waals surface area (Å²) in [6, 6.07) is 5.28. The first-order valence-corrected chi connectivity index (χ1v) is 4.40. The quantitative estimate of drug-likeness (QED) is 0.732. The minimum atomic E-state index is 0.330. The normalized spacial score (nSPS) is 10.4. The van der Waals surface area contributed by atoms with E-state index in [9.17, 15) is 0 Å². The van der Waals surface area contributed by atoms with Crippen molar-refractivity contribution in [2.75, 3.05) is 5.73 Å². The van der Waals surface area contributed by atoms with Crippen molar-refractivity contribution in [2.45, 2.75) is 6.92 Å². The molecule has 2 N–H and O–H groups in total. The van der Waals surface area contributed by atoms with E-state index in [2.05, 4.69) is 10.1 Å². The maximum Gasteiger partial charge on any atom is 0.172 e. The van der Waals surface area contributed by atoms with E-state index in [1.54, 1.807) is 6.07 Å². The predicted molar refractivity (Wildman–Crippen MR) is 53.9 cm³/mol. The average Bonchev–Trinajstić information content (AvgIpc) is 2.51. The van der Waals surface area contributed by atoms with Crippen molar-refractivity contribution in [1.82, 2.24) is 10.1 Å². The fraction of sp³-hybridized carbons (Fsp3) is 0.111. The Labute approximate surface area is 85.7 Å². The largest absolute Gasteiger partial charge is 0.381 e. The van der Waals surface area contributed by atoms with Crippen molar-refractivity contribution in [3.8, 4) is 11.3 Å². The minimum Gasteiger partial charge on any atom is -0.381 e. The predicted octanol–water partition coefficient (Wildman–Crippen LogP) is 2.28. The molecule has 2 heterocycles. The van der Waals surface area contributed by atoms with Crippen molar-refractivity contribution in [3.63, 3.8) is 0 Å². The number of aryl methyl sites for hydroxylation is 1. The van der Waals surface area contributed by atoms with E-state index in [0.29, 0.717) is 22.3 Å². The van der Waals surface area contributed by atoms with Crippen molar-refractivity contribution in [1.29, 1.82) is 0 Å². The van der Waals surface area contributed by atoms with Crippen LogP contribution >= 0.6 is 11.6 Å². The van der Waals surface area contributed by atoms with Gasteiger partial charge < -0.3 is 10.3 Å². The molecule has 72 valence electrons. The van der Waals surface area contributed by atoms with Crippen LogP contribution in [0.15, 0.2) is 22.7 Å². The minimum absolute atomic E-state index is 0.330. The molecule has 14 heavy (non-hydrogen) atoms. The highest BCUT2D eigenvalue weighted by Crippen LogP contribution is 2.27. The van der Waals surface area contributed by atoms with E-state index in [4.69, 9.17) is 21.9 Å². The molecule has 0 saturated carbocycles. The number of hydrogen-bond acceptors (Lipinski definition) is 4. The molecular formula is C9H8ClN3O. The van der Waals surface area contributed by atoms with Gasteiger partial charge in [-0.25, -0.2) is 4.98 Å². The van der Waals surface area contributed by atoms with Gasteiger partial charge in [0.1, 0.15) is 5.15 Å². The van der Waals surface area contributed by atoms with Gasteiger partial charge >= 0.3 is 0 Å². The van der Waals surface area contributed by atoms with Crippen LogP contribution in [0.1, 0.15) is 5.69 Å². The number of halogens is 1. The van der Waals surface area contributed by atoms with Gasteiger partial charge in [0.05, 0.1) is 5.56 Å². The second kappa shape index (κ2) is 3.31. The van der Waals surface area contributed by atoms with Gasteiger partial charge in [-0.15, -0.1) is 0 Å². The van der Waals surface area contributed by atoms with Gasteiger partial charge in [0, 0.05) is 11.8 Å². The van der Waals surface area contributed by atoms with Crippen LogP contribution < -0.4 is 5.73 Å².